The van der Waals surface area contributed by atoms with Gasteiger partial charge >= 0.3 is 5.97 Å². The van der Waals surface area contributed by atoms with E-state index in [2.05, 4.69) is 0 Å². The van der Waals surface area contributed by atoms with Gasteiger partial charge in [0.05, 0.1) is 30.5 Å². The number of esters is 1. The first kappa shape index (κ1) is 23.0. The van der Waals surface area contributed by atoms with Crippen molar-refractivity contribution >= 4 is 16.0 Å². The lowest BCUT2D eigenvalue weighted by atomic mass is 10.0. The quantitative estimate of drug-likeness (QED) is 0.488. The average molecular weight is 466 g/mol. The molecule has 7 heteroatoms. The Morgan fingerprint density at radius 2 is 1.67 bits per heavy atom. The molecule has 0 radical (unpaired) electrons. The third-order valence-electron chi connectivity index (χ3n) is 5.70. The Hall–Kier alpha value is -3.16. The summed E-state index contributed by atoms with van der Waals surface area (Å²) in [5.74, 6) is 0.0989. The molecular formula is C26H27NO5S. The van der Waals surface area contributed by atoms with E-state index in [0.717, 1.165) is 11.1 Å². The molecule has 172 valence electrons. The Bertz CT molecular complexity index is 1210. The smallest absolute Gasteiger partial charge is 0.307 e. The molecule has 4 rings (SSSR count). The molecule has 0 fully saturated rings. The van der Waals surface area contributed by atoms with E-state index in [1.54, 1.807) is 31.2 Å². The lowest BCUT2D eigenvalue weighted by molar-refractivity contribution is -0.144. The second-order valence-corrected chi connectivity index (χ2v) is 9.86. The molecule has 0 bridgehead atoms. The number of sulfonamides is 1. The highest BCUT2D eigenvalue weighted by Gasteiger charge is 2.40. The summed E-state index contributed by atoms with van der Waals surface area (Å²) >= 11 is 0. The van der Waals surface area contributed by atoms with Gasteiger partial charge in [-0.2, -0.15) is 4.31 Å². The SMILES string of the molecule is CCOC(=O)C[C@H]1c2ccccc2O[C@@H](c2ccccc2)CN1S(=O)(=O)c1ccc(C)cc1. The molecular weight excluding hydrogens is 438 g/mol. The predicted octanol–water partition coefficient (Wildman–Crippen LogP) is 4.81. The number of benzene rings is 3. The van der Waals surface area contributed by atoms with E-state index in [1.165, 1.54) is 4.31 Å². The summed E-state index contributed by atoms with van der Waals surface area (Å²) in [6, 6.07) is 22.8. The minimum atomic E-state index is -3.95. The van der Waals surface area contributed by atoms with Crippen LogP contribution in [0.2, 0.25) is 0 Å². The van der Waals surface area contributed by atoms with E-state index in [9.17, 15) is 13.2 Å². The van der Waals surface area contributed by atoms with E-state index in [1.807, 2.05) is 61.5 Å². The number of carbonyl (C=O) groups excluding carboxylic acids is 1. The molecule has 1 heterocycles. The molecule has 33 heavy (non-hydrogen) atoms. The van der Waals surface area contributed by atoms with Crippen LogP contribution in [0.25, 0.3) is 0 Å². The summed E-state index contributed by atoms with van der Waals surface area (Å²) in [5.41, 5.74) is 2.46. The van der Waals surface area contributed by atoms with Crippen molar-refractivity contribution in [3.63, 3.8) is 0 Å². The molecule has 3 aromatic carbocycles. The van der Waals surface area contributed by atoms with Gasteiger partial charge in [-0.25, -0.2) is 8.42 Å². The van der Waals surface area contributed by atoms with Crippen LogP contribution in [0.15, 0.2) is 83.8 Å². The van der Waals surface area contributed by atoms with Crippen LogP contribution >= 0.6 is 0 Å². The van der Waals surface area contributed by atoms with Crippen molar-refractivity contribution in [2.75, 3.05) is 13.2 Å². The van der Waals surface area contributed by atoms with Crippen LogP contribution in [0.5, 0.6) is 5.75 Å². The maximum Gasteiger partial charge on any atom is 0.307 e. The lowest BCUT2D eigenvalue weighted by Crippen LogP contribution is -2.38. The van der Waals surface area contributed by atoms with Crippen LogP contribution in [0, 0.1) is 6.92 Å². The zero-order valence-electron chi connectivity index (χ0n) is 18.7. The molecule has 0 unspecified atom stereocenters. The number of hydrogen-bond donors (Lipinski definition) is 0. The first-order valence-electron chi connectivity index (χ1n) is 10.9. The van der Waals surface area contributed by atoms with Crippen LogP contribution < -0.4 is 4.74 Å². The monoisotopic (exact) mass is 465 g/mol. The number of aryl methyl sites for hydroxylation is 1. The third-order valence-corrected chi connectivity index (χ3v) is 7.59. The van der Waals surface area contributed by atoms with E-state index in [0.29, 0.717) is 11.3 Å². The molecule has 0 aromatic heterocycles. The molecule has 0 saturated carbocycles. The van der Waals surface area contributed by atoms with Gasteiger partial charge in [-0.1, -0.05) is 66.2 Å². The van der Waals surface area contributed by atoms with Crippen LogP contribution in [0.3, 0.4) is 0 Å². The number of hydrogen-bond acceptors (Lipinski definition) is 5. The van der Waals surface area contributed by atoms with Gasteiger partial charge in [0.2, 0.25) is 10.0 Å². The van der Waals surface area contributed by atoms with Gasteiger partial charge < -0.3 is 9.47 Å². The van der Waals surface area contributed by atoms with E-state index < -0.39 is 28.1 Å². The van der Waals surface area contributed by atoms with Crippen molar-refractivity contribution in [2.45, 2.75) is 37.3 Å². The van der Waals surface area contributed by atoms with Crippen molar-refractivity contribution in [1.29, 1.82) is 0 Å². The molecule has 1 aliphatic heterocycles. The van der Waals surface area contributed by atoms with E-state index >= 15 is 0 Å². The zero-order valence-corrected chi connectivity index (χ0v) is 19.5. The first-order valence-corrected chi connectivity index (χ1v) is 12.4. The van der Waals surface area contributed by atoms with Crippen molar-refractivity contribution in [3.05, 3.63) is 95.6 Å². The van der Waals surface area contributed by atoms with E-state index in [4.69, 9.17) is 9.47 Å². The third kappa shape index (κ3) is 4.94. The maximum absolute atomic E-state index is 13.9. The Morgan fingerprint density at radius 3 is 2.36 bits per heavy atom. The van der Waals surface area contributed by atoms with Crippen molar-refractivity contribution in [1.82, 2.24) is 4.31 Å². The van der Waals surface area contributed by atoms with Crippen LogP contribution in [0.4, 0.5) is 0 Å². The van der Waals surface area contributed by atoms with Crippen LogP contribution in [-0.2, 0) is 19.6 Å². The molecule has 0 spiro atoms. The van der Waals surface area contributed by atoms with Crippen LogP contribution in [-0.4, -0.2) is 31.8 Å². The molecule has 0 N–H and O–H groups in total. The topological polar surface area (TPSA) is 72.9 Å². The number of carbonyl (C=O) groups is 1. The van der Waals surface area contributed by atoms with Gasteiger partial charge in [0.15, 0.2) is 0 Å². The fourth-order valence-corrected chi connectivity index (χ4v) is 5.65. The highest BCUT2D eigenvalue weighted by Crippen LogP contribution is 2.41. The molecule has 0 amide bonds. The molecule has 2 atom stereocenters. The fourth-order valence-electron chi connectivity index (χ4n) is 4.04. The first-order chi connectivity index (χ1) is 15.9. The maximum atomic E-state index is 13.9. The van der Waals surface area contributed by atoms with Crippen molar-refractivity contribution in [2.24, 2.45) is 0 Å². The lowest BCUT2D eigenvalue weighted by Gasteiger charge is -2.30. The summed E-state index contributed by atoms with van der Waals surface area (Å²) in [7, 11) is -3.95. The summed E-state index contributed by atoms with van der Waals surface area (Å²) in [5, 5.41) is 0. The molecule has 1 aliphatic rings. The minimum absolute atomic E-state index is 0.0545. The summed E-state index contributed by atoms with van der Waals surface area (Å²) < 4.78 is 40.7. The zero-order chi connectivity index (χ0) is 23.4. The minimum Gasteiger partial charge on any atom is -0.484 e. The summed E-state index contributed by atoms with van der Waals surface area (Å²) in [6.45, 7) is 3.91. The van der Waals surface area contributed by atoms with Gasteiger partial charge in [0.25, 0.3) is 0 Å². The molecule has 0 aliphatic carbocycles. The fraction of sp³-hybridized carbons (Fsp3) is 0.269. The number of nitrogens with zero attached hydrogens (tertiary/aromatic N) is 1. The average Bonchev–Trinajstić information content (AvgIpc) is 2.98. The second kappa shape index (κ2) is 9.77. The molecule has 6 nitrogen and oxygen atoms in total. The summed E-state index contributed by atoms with van der Waals surface area (Å²) in [6.07, 6.45) is -0.652. The van der Waals surface area contributed by atoms with E-state index in [-0.39, 0.29) is 24.5 Å². The van der Waals surface area contributed by atoms with Crippen LogP contribution in [0.1, 0.15) is 42.2 Å². The standard InChI is InChI=1S/C26H27NO5S/c1-3-31-26(28)17-23-22-11-7-8-12-24(22)32-25(20-9-5-4-6-10-20)18-27(23)33(29,30)21-15-13-19(2)14-16-21/h4-16,23,25H,3,17-18H2,1-2H3/t23-,25+/m0/s1. The Balaban J connectivity index is 1.86. The summed E-state index contributed by atoms with van der Waals surface area (Å²) in [4.78, 5) is 12.7. The van der Waals surface area contributed by atoms with Gasteiger partial charge in [-0.15, -0.1) is 0 Å². The Kier molecular flexibility index (Phi) is 6.81. The number of fused-ring (bicyclic) bond motifs is 1. The highest BCUT2D eigenvalue weighted by molar-refractivity contribution is 7.89. The predicted molar refractivity (Wildman–Crippen MR) is 125 cm³/mol. The molecule has 0 saturated heterocycles. The number of para-hydroxylation sites is 1. The van der Waals surface area contributed by atoms with Crippen molar-refractivity contribution < 1.29 is 22.7 Å². The normalized spacial score (nSPS) is 18.6. The number of ether oxygens (including phenoxy) is 2. The Labute approximate surface area is 194 Å². The largest absolute Gasteiger partial charge is 0.484 e. The number of rotatable bonds is 6. The Morgan fingerprint density at radius 1 is 1.00 bits per heavy atom. The highest BCUT2D eigenvalue weighted by atomic mass is 32.2. The van der Waals surface area contributed by atoms with Gasteiger partial charge in [-0.3, -0.25) is 4.79 Å². The van der Waals surface area contributed by atoms with Crippen molar-refractivity contribution in [3.8, 4) is 5.75 Å². The van der Waals surface area contributed by atoms with Gasteiger partial charge in [0.1, 0.15) is 11.9 Å². The second-order valence-electron chi connectivity index (χ2n) is 7.97. The van der Waals surface area contributed by atoms with Gasteiger partial charge in [0, 0.05) is 5.56 Å². The van der Waals surface area contributed by atoms with Gasteiger partial charge in [-0.05, 0) is 37.6 Å². The molecule has 3 aromatic rings.